The second-order valence-electron chi connectivity index (χ2n) is 10.9. The number of hydrogen-bond acceptors (Lipinski definition) is 6. The van der Waals surface area contributed by atoms with Crippen LogP contribution in [0.4, 0.5) is 0 Å². The summed E-state index contributed by atoms with van der Waals surface area (Å²) in [6.45, 7) is 0.374. The molecule has 6 rings (SSSR count). The first kappa shape index (κ1) is 37.8. The van der Waals surface area contributed by atoms with Crippen molar-refractivity contribution in [2.75, 3.05) is 25.5 Å². The van der Waals surface area contributed by atoms with E-state index in [4.69, 9.17) is 17.5 Å². The van der Waals surface area contributed by atoms with Crippen molar-refractivity contribution in [2.45, 2.75) is 0 Å². The average molecular weight is 711 g/mol. The van der Waals surface area contributed by atoms with E-state index in [1.807, 2.05) is 36.4 Å². The summed E-state index contributed by atoms with van der Waals surface area (Å²) >= 11 is 0. The van der Waals surface area contributed by atoms with Crippen LogP contribution in [0.2, 0.25) is 0 Å². The van der Waals surface area contributed by atoms with Crippen molar-refractivity contribution in [3.63, 3.8) is 0 Å². The monoisotopic (exact) mass is 710 g/mol. The van der Waals surface area contributed by atoms with Crippen LogP contribution >= 0.6 is 14.5 Å². The van der Waals surface area contributed by atoms with Gasteiger partial charge < -0.3 is 19.3 Å². The van der Waals surface area contributed by atoms with E-state index < -0.39 is 24.9 Å². The van der Waals surface area contributed by atoms with E-state index in [2.05, 4.69) is 146 Å². The maximum Gasteiger partial charge on any atom is 0.114 e. The second-order valence-corrected chi connectivity index (χ2v) is 19.0. The fraction of sp³-hybridized carbons (Fsp3) is 0.100. The minimum Gasteiger partial charge on any atom is -0.759 e. The van der Waals surface area contributed by atoms with E-state index in [1.54, 1.807) is 0 Å². The molecule has 0 saturated heterocycles. The minimum atomic E-state index is -5.17. The number of benzene rings is 6. The number of aliphatic hydroxyl groups is 2. The molecule has 0 heterocycles. The van der Waals surface area contributed by atoms with E-state index in [0.29, 0.717) is 0 Å². The van der Waals surface area contributed by atoms with Gasteiger partial charge in [-0.25, -0.2) is 0 Å². The van der Waals surface area contributed by atoms with Gasteiger partial charge in [-0.3, -0.25) is 8.42 Å². The summed E-state index contributed by atoms with van der Waals surface area (Å²) in [7, 11) is -8.77. The smallest absolute Gasteiger partial charge is 0.114 e. The standard InChI is InChI=1S/2C20H20OP.H2O4S/c2*21-16-17-22(18-10-4-1-5-11-18,19-12-6-2-7-13-19)20-14-8-3-9-15-20;1-5(2,3)4/h2*1-15,21H,16-17H2;(H2,1,2,3,4)/q2*+1;/p-2. The van der Waals surface area contributed by atoms with E-state index in [-0.39, 0.29) is 13.2 Å². The minimum absolute atomic E-state index is 0.187. The Labute approximate surface area is 291 Å². The molecular formula is C40H40O6P2S. The molecule has 6 aromatic carbocycles. The fourth-order valence-electron chi connectivity index (χ4n) is 6.06. The molecule has 0 aromatic heterocycles. The van der Waals surface area contributed by atoms with Crippen molar-refractivity contribution in [2.24, 2.45) is 0 Å². The Morgan fingerprint density at radius 1 is 0.367 bits per heavy atom. The highest BCUT2D eigenvalue weighted by molar-refractivity contribution is 7.96. The molecule has 0 aliphatic rings. The van der Waals surface area contributed by atoms with E-state index in [9.17, 15) is 10.2 Å². The van der Waals surface area contributed by atoms with Crippen LogP contribution in [0.1, 0.15) is 0 Å². The molecule has 0 saturated carbocycles. The Bertz CT molecular complexity index is 1570. The summed E-state index contributed by atoms with van der Waals surface area (Å²) in [5, 5.41) is 27.6. The Balaban J connectivity index is 0.000000194. The molecule has 49 heavy (non-hydrogen) atoms. The summed E-state index contributed by atoms with van der Waals surface area (Å²) in [5.74, 6) is 0. The second kappa shape index (κ2) is 18.7. The number of hydrogen-bond donors (Lipinski definition) is 2. The lowest BCUT2D eigenvalue weighted by Gasteiger charge is -2.26. The van der Waals surface area contributed by atoms with Crippen LogP contribution in [-0.2, 0) is 10.4 Å². The summed E-state index contributed by atoms with van der Waals surface area (Å²) < 4.78 is 34.1. The van der Waals surface area contributed by atoms with E-state index >= 15 is 0 Å². The van der Waals surface area contributed by atoms with Gasteiger partial charge >= 0.3 is 0 Å². The van der Waals surface area contributed by atoms with Crippen LogP contribution < -0.4 is 31.8 Å². The molecule has 0 unspecified atom stereocenters. The van der Waals surface area contributed by atoms with Crippen molar-refractivity contribution >= 4 is 56.8 Å². The topological polar surface area (TPSA) is 121 Å². The molecule has 0 spiro atoms. The van der Waals surface area contributed by atoms with Gasteiger partial charge in [-0.1, -0.05) is 109 Å². The quantitative estimate of drug-likeness (QED) is 0.122. The Hall–Kier alpha value is -4.03. The van der Waals surface area contributed by atoms with Crippen LogP contribution in [-0.4, -0.2) is 53.3 Å². The normalized spacial score (nSPS) is 11.3. The number of aliphatic hydroxyl groups excluding tert-OH is 2. The third-order valence-corrected chi connectivity index (χ3v) is 16.9. The van der Waals surface area contributed by atoms with Gasteiger partial charge in [0, 0.05) is 10.4 Å². The van der Waals surface area contributed by atoms with Crippen molar-refractivity contribution < 1.29 is 27.7 Å². The van der Waals surface area contributed by atoms with Crippen LogP contribution in [0.25, 0.3) is 0 Å². The molecule has 9 heteroatoms. The number of rotatable bonds is 10. The molecule has 0 fully saturated rings. The molecule has 0 aliphatic heterocycles. The van der Waals surface area contributed by atoms with Crippen molar-refractivity contribution in [3.05, 3.63) is 182 Å². The lowest BCUT2D eigenvalue weighted by Crippen LogP contribution is -2.34. The zero-order chi connectivity index (χ0) is 35.0. The molecule has 6 nitrogen and oxygen atoms in total. The summed E-state index contributed by atoms with van der Waals surface area (Å²) in [6.07, 6.45) is 1.54. The van der Waals surface area contributed by atoms with Crippen molar-refractivity contribution in [3.8, 4) is 0 Å². The molecule has 252 valence electrons. The highest BCUT2D eigenvalue weighted by Gasteiger charge is 2.45. The maximum atomic E-state index is 9.81. The Morgan fingerprint density at radius 3 is 0.633 bits per heavy atom. The highest BCUT2D eigenvalue weighted by atomic mass is 32.3. The first-order valence-corrected chi connectivity index (χ1v) is 21.0. The molecule has 0 aliphatic carbocycles. The SMILES string of the molecule is O=S(=O)([O-])[O-].OCC[P+](c1ccccc1)(c1ccccc1)c1ccccc1.OCC[P+](c1ccccc1)(c1ccccc1)c1ccccc1. The van der Waals surface area contributed by atoms with Crippen LogP contribution in [0.3, 0.4) is 0 Å². The Morgan fingerprint density at radius 2 is 0.510 bits per heavy atom. The molecule has 0 amide bonds. The Kier molecular flexibility index (Phi) is 14.4. The van der Waals surface area contributed by atoms with E-state index in [1.165, 1.54) is 31.8 Å². The molecule has 2 N–H and O–H groups in total. The summed E-state index contributed by atoms with van der Waals surface area (Å²) in [5.41, 5.74) is 0. The van der Waals surface area contributed by atoms with E-state index in [0.717, 1.165) is 12.3 Å². The zero-order valence-corrected chi connectivity index (χ0v) is 29.6. The fourth-order valence-corrected chi connectivity index (χ4v) is 14.1. The van der Waals surface area contributed by atoms with Crippen LogP contribution in [0.5, 0.6) is 0 Å². The van der Waals surface area contributed by atoms with Crippen LogP contribution in [0.15, 0.2) is 182 Å². The lowest BCUT2D eigenvalue weighted by molar-refractivity contribution is 0.321. The predicted octanol–water partition coefficient (Wildman–Crippen LogP) is 4.61. The van der Waals surface area contributed by atoms with Gasteiger partial charge in [-0.15, -0.1) is 0 Å². The predicted molar refractivity (Wildman–Crippen MR) is 205 cm³/mol. The molecule has 6 aromatic rings. The molecule has 0 radical (unpaired) electrons. The van der Waals surface area contributed by atoms with Gasteiger partial charge in [0.15, 0.2) is 0 Å². The van der Waals surface area contributed by atoms with Gasteiger partial charge in [-0.2, -0.15) is 0 Å². The molecule has 0 bridgehead atoms. The zero-order valence-electron chi connectivity index (χ0n) is 27.0. The van der Waals surface area contributed by atoms with Gasteiger partial charge in [0.1, 0.15) is 46.4 Å². The van der Waals surface area contributed by atoms with Crippen LogP contribution in [0, 0.1) is 0 Å². The molecular weight excluding hydrogens is 670 g/mol. The highest BCUT2D eigenvalue weighted by Crippen LogP contribution is 2.55. The average Bonchev–Trinajstić information content (AvgIpc) is 3.15. The van der Waals surface area contributed by atoms with Crippen molar-refractivity contribution in [1.82, 2.24) is 0 Å². The summed E-state index contributed by atoms with van der Waals surface area (Å²) in [4.78, 5) is 0. The molecule has 0 atom stereocenters. The maximum absolute atomic E-state index is 9.81. The van der Waals surface area contributed by atoms with Gasteiger partial charge in [0.05, 0.1) is 25.5 Å². The third kappa shape index (κ3) is 10.0. The van der Waals surface area contributed by atoms with Crippen molar-refractivity contribution in [1.29, 1.82) is 0 Å². The van der Waals surface area contributed by atoms with Gasteiger partial charge in [-0.05, 0) is 72.8 Å². The first-order valence-electron chi connectivity index (χ1n) is 15.7. The third-order valence-electron chi connectivity index (χ3n) is 8.05. The lowest BCUT2D eigenvalue weighted by atomic mass is 10.4. The van der Waals surface area contributed by atoms with Gasteiger partial charge in [0.25, 0.3) is 0 Å². The first-order chi connectivity index (χ1) is 23.8. The van der Waals surface area contributed by atoms with Gasteiger partial charge in [0.2, 0.25) is 0 Å². The summed E-state index contributed by atoms with van der Waals surface area (Å²) in [6, 6.07) is 63.8. The largest absolute Gasteiger partial charge is 0.759 e.